The molecule has 0 saturated heterocycles. The Morgan fingerprint density at radius 2 is 1.54 bits per heavy atom. The zero-order valence-electron chi connectivity index (χ0n) is 23.4. The lowest BCUT2D eigenvalue weighted by Crippen LogP contribution is -2.54. The van der Waals surface area contributed by atoms with Crippen molar-refractivity contribution in [3.63, 3.8) is 0 Å². The van der Waals surface area contributed by atoms with Gasteiger partial charge in [-0.3, -0.25) is 13.9 Å². The normalized spacial score (nSPS) is 12.6. The lowest BCUT2D eigenvalue weighted by molar-refractivity contribution is -0.140. The number of nitrogens with one attached hydrogen (secondary N) is 1. The predicted molar refractivity (Wildman–Crippen MR) is 153 cm³/mol. The highest BCUT2D eigenvalue weighted by Crippen LogP contribution is 2.32. The van der Waals surface area contributed by atoms with E-state index in [0.29, 0.717) is 15.9 Å². The number of halogens is 3. The van der Waals surface area contributed by atoms with E-state index in [1.54, 1.807) is 38.1 Å². The van der Waals surface area contributed by atoms with E-state index in [1.807, 2.05) is 37.3 Å². The fourth-order valence-electron chi connectivity index (χ4n) is 4.39. The number of amides is 2. The van der Waals surface area contributed by atoms with Crippen LogP contribution in [0.2, 0.25) is 0 Å². The molecule has 0 aliphatic carbocycles. The SMILES string of the molecule is Cc1cccc(CN(C(=O)CN(c2cccc(C(F)(F)F)c2)S(C)(=O)=O)[C@H](Cc2ccccc2)C(=O)NC(C)C)c1. The van der Waals surface area contributed by atoms with Crippen LogP contribution in [0, 0.1) is 6.92 Å². The van der Waals surface area contributed by atoms with E-state index in [0.717, 1.165) is 29.5 Å². The Balaban J connectivity index is 2.08. The smallest absolute Gasteiger partial charge is 0.352 e. The molecule has 0 bridgehead atoms. The Kier molecular flexibility index (Phi) is 10.2. The number of aryl methyl sites for hydroxylation is 1. The average Bonchev–Trinajstić information content (AvgIpc) is 2.88. The molecular weight excluding hydrogens is 555 g/mol. The number of carbonyl (C=O) groups is 2. The minimum Gasteiger partial charge on any atom is -0.352 e. The van der Waals surface area contributed by atoms with Gasteiger partial charge in [0.15, 0.2) is 0 Å². The fraction of sp³-hybridized carbons (Fsp3) is 0.333. The molecule has 0 radical (unpaired) electrons. The van der Waals surface area contributed by atoms with Crippen molar-refractivity contribution in [2.24, 2.45) is 0 Å². The van der Waals surface area contributed by atoms with E-state index in [-0.39, 0.29) is 24.7 Å². The van der Waals surface area contributed by atoms with E-state index in [9.17, 15) is 31.2 Å². The molecule has 0 aliphatic rings. The maximum absolute atomic E-state index is 14.0. The van der Waals surface area contributed by atoms with Crippen LogP contribution in [0.5, 0.6) is 0 Å². The molecule has 3 aromatic carbocycles. The van der Waals surface area contributed by atoms with Gasteiger partial charge in [-0.2, -0.15) is 13.2 Å². The Morgan fingerprint density at radius 1 is 0.902 bits per heavy atom. The summed E-state index contributed by atoms with van der Waals surface area (Å²) in [5.41, 5.74) is 1.04. The number of hydrogen-bond donors (Lipinski definition) is 1. The van der Waals surface area contributed by atoms with Crippen LogP contribution in [0.25, 0.3) is 0 Å². The maximum Gasteiger partial charge on any atom is 0.416 e. The molecule has 3 aromatic rings. The van der Waals surface area contributed by atoms with Gasteiger partial charge in [-0.1, -0.05) is 66.2 Å². The van der Waals surface area contributed by atoms with Crippen LogP contribution in [0.3, 0.4) is 0 Å². The van der Waals surface area contributed by atoms with Gasteiger partial charge >= 0.3 is 6.18 Å². The Hall–Kier alpha value is -3.86. The minimum absolute atomic E-state index is 0.0241. The number of nitrogens with zero attached hydrogens (tertiary/aromatic N) is 2. The van der Waals surface area contributed by atoms with Crippen LogP contribution in [0.1, 0.15) is 36.1 Å². The standard InChI is InChI=1S/C30H34F3N3O4S/c1-21(2)34-29(38)27(17-23-11-6-5-7-12-23)35(19-24-13-8-10-22(3)16-24)28(37)20-36(41(4,39)40)26-15-9-14-25(18-26)30(31,32)33/h5-16,18,21,27H,17,19-20H2,1-4H3,(H,34,38)/t27-/m1/s1. The molecule has 2 amide bonds. The van der Waals surface area contributed by atoms with Crippen molar-refractivity contribution in [1.82, 2.24) is 10.2 Å². The molecule has 0 aliphatic heterocycles. The van der Waals surface area contributed by atoms with Crippen LogP contribution in [0.15, 0.2) is 78.9 Å². The summed E-state index contributed by atoms with van der Waals surface area (Å²) < 4.78 is 66.4. The summed E-state index contributed by atoms with van der Waals surface area (Å²) >= 11 is 0. The molecule has 1 N–H and O–H groups in total. The first-order valence-electron chi connectivity index (χ1n) is 13.0. The molecule has 0 saturated carbocycles. The second kappa shape index (κ2) is 13.2. The highest BCUT2D eigenvalue weighted by atomic mass is 32.2. The molecule has 1 atom stereocenters. The number of anilines is 1. The van der Waals surface area contributed by atoms with Gasteiger partial charge in [0.05, 0.1) is 17.5 Å². The van der Waals surface area contributed by atoms with Crippen molar-refractivity contribution in [3.05, 3.63) is 101 Å². The third kappa shape index (κ3) is 9.07. The molecule has 0 fully saturated rings. The highest BCUT2D eigenvalue weighted by Gasteiger charge is 2.35. The third-order valence-electron chi connectivity index (χ3n) is 6.28. The van der Waals surface area contributed by atoms with E-state index in [1.165, 1.54) is 11.0 Å². The molecule has 7 nitrogen and oxygen atoms in total. The van der Waals surface area contributed by atoms with Crippen LogP contribution in [-0.4, -0.2) is 50.0 Å². The van der Waals surface area contributed by atoms with Gasteiger partial charge in [0.1, 0.15) is 12.6 Å². The summed E-state index contributed by atoms with van der Waals surface area (Å²) in [6.45, 7) is 4.62. The second-order valence-corrected chi connectivity index (χ2v) is 12.1. The molecule has 0 heterocycles. The van der Waals surface area contributed by atoms with Gasteiger partial charge in [0.2, 0.25) is 21.8 Å². The summed E-state index contributed by atoms with van der Waals surface area (Å²) in [5, 5.41) is 2.85. The molecular formula is C30H34F3N3O4S. The Bertz CT molecular complexity index is 1460. The quantitative estimate of drug-likeness (QED) is 0.343. The number of carbonyl (C=O) groups excluding carboxylic acids is 2. The molecule has 11 heteroatoms. The van der Waals surface area contributed by atoms with Gasteiger partial charge in [-0.15, -0.1) is 0 Å². The van der Waals surface area contributed by atoms with E-state index in [2.05, 4.69) is 5.32 Å². The molecule has 41 heavy (non-hydrogen) atoms. The van der Waals surface area contributed by atoms with Crippen molar-refractivity contribution in [1.29, 1.82) is 0 Å². The van der Waals surface area contributed by atoms with Crippen molar-refractivity contribution >= 4 is 27.5 Å². The van der Waals surface area contributed by atoms with E-state index >= 15 is 0 Å². The predicted octanol–water partition coefficient (Wildman–Crippen LogP) is 4.94. The first kappa shape index (κ1) is 31.7. The highest BCUT2D eigenvalue weighted by molar-refractivity contribution is 7.92. The molecule has 3 rings (SSSR count). The molecule has 0 aromatic heterocycles. The van der Waals surface area contributed by atoms with Crippen LogP contribution < -0.4 is 9.62 Å². The van der Waals surface area contributed by atoms with Crippen molar-refractivity contribution in [2.45, 2.75) is 52.0 Å². The molecule has 0 spiro atoms. The largest absolute Gasteiger partial charge is 0.416 e. The van der Waals surface area contributed by atoms with Gasteiger partial charge in [0, 0.05) is 19.0 Å². The van der Waals surface area contributed by atoms with Crippen LogP contribution >= 0.6 is 0 Å². The van der Waals surface area contributed by atoms with Crippen LogP contribution in [-0.2, 0) is 38.8 Å². The monoisotopic (exact) mass is 589 g/mol. The molecule has 220 valence electrons. The van der Waals surface area contributed by atoms with E-state index < -0.39 is 46.2 Å². The molecule has 0 unspecified atom stereocenters. The first-order chi connectivity index (χ1) is 19.1. The number of sulfonamides is 1. The van der Waals surface area contributed by atoms with Gasteiger partial charge < -0.3 is 10.2 Å². The van der Waals surface area contributed by atoms with Crippen molar-refractivity contribution in [3.8, 4) is 0 Å². The summed E-state index contributed by atoms with van der Waals surface area (Å²) in [6.07, 6.45) is -3.76. The maximum atomic E-state index is 14.0. The van der Waals surface area contributed by atoms with Gasteiger partial charge in [-0.25, -0.2) is 8.42 Å². The topological polar surface area (TPSA) is 86.8 Å². The number of benzene rings is 3. The number of rotatable bonds is 11. The summed E-state index contributed by atoms with van der Waals surface area (Å²) in [4.78, 5) is 28.8. The zero-order valence-corrected chi connectivity index (χ0v) is 24.2. The Morgan fingerprint density at radius 3 is 2.12 bits per heavy atom. The van der Waals surface area contributed by atoms with Crippen LogP contribution in [0.4, 0.5) is 18.9 Å². The van der Waals surface area contributed by atoms with Gasteiger partial charge in [-0.05, 0) is 50.1 Å². The third-order valence-corrected chi connectivity index (χ3v) is 7.42. The average molecular weight is 590 g/mol. The first-order valence-corrected chi connectivity index (χ1v) is 14.8. The van der Waals surface area contributed by atoms with E-state index in [4.69, 9.17) is 0 Å². The van der Waals surface area contributed by atoms with Crippen molar-refractivity contribution in [2.75, 3.05) is 17.1 Å². The Labute approximate surface area is 239 Å². The summed E-state index contributed by atoms with van der Waals surface area (Å²) in [6, 6.07) is 18.9. The second-order valence-electron chi connectivity index (χ2n) is 10.2. The summed E-state index contributed by atoms with van der Waals surface area (Å²) in [5.74, 6) is -1.18. The van der Waals surface area contributed by atoms with Crippen molar-refractivity contribution < 1.29 is 31.2 Å². The minimum atomic E-state index is -4.71. The lowest BCUT2D eigenvalue weighted by atomic mass is 10.0. The summed E-state index contributed by atoms with van der Waals surface area (Å²) in [7, 11) is -4.19. The van der Waals surface area contributed by atoms with Gasteiger partial charge in [0.25, 0.3) is 0 Å². The number of hydrogen-bond acceptors (Lipinski definition) is 4. The lowest BCUT2D eigenvalue weighted by Gasteiger charge is -2.34. The number of alkyl halides is 3. The fourth-order valence-corrected chi connectivity index (χ4v) is 5.23. The zero-order chi connectivity index (χ0) is 30.4.